The van der Waals surface area contributed by atoms with Crippen molar-refractivity contribution < 1.29 is 29.6 Å². The van der Waals surface area contributed by atoms with Crippen molar-refractivity contribution in [3.8, 4) is 0 Å². The van der Waals surface area contributed by atoms with Crippen molar-refractivity contribution in [1.82, 2.24) is 0 Å². The molecule has 2 saturated carbocycles. The summed E-state index contributed by atoms with van der Waals surface area (Å²) in [4.78, 5) is 24.6. The molecular formula is C22H30O6. The molecule has 0 heterocycles. The fourth-order valence-corrected chi connectivity index (χ4v) is 6.84. The van der Waals surface area contributed by atoms with Crippen LogP contribution in [0.1, 0.15) is 41.0 Å². The van der Waals surface area contributed by atoms with Crippen LogP contribution in [0.25, 0.3) is 0 Å². The lowest BCUT2D eigenvalue weighted by Gasteiger charge is -2.51. The van der Waals surface area contributed by atoms with Gasteiger partial charge < -0.3 is 20.1 Å². The van der Waals surface area contributed by atoms with E-state index >= 15 is 0 Å². The lowest BCUT2D eigenvalue weighted by atomic mass is 9.60. The molecule has 0 bridgehead atoms. The average molecular weight is 390 g/mol. The molecule has 28 heavy (non-hydrogen) atoms. The Morgan fingerprint density at radius 1 is 1.29 bits per heavy atom. The molecule has 4 aliphatic carbocycles. The van der Waals surface area contributed by atoms with Crippen LogP contribution in [0, 0.1) is 35.0 Å². The van der Waals surface area contributed by atoms with Crippen LogP contribution in [0.15, 0.2) is 23.3 Å². The zero-order valence-corrected chi connectivity index (χ0v) is 17.1. The van der Waals surface area contributed by atoms with E-state index in [4.69, 9.17) is 4.74 Å². The molecule has 0 saturated heterocycles. The third-order valence-corrected chi connectivity index (χ3v) is 8.23. The van der Waals surface area contributed by atoms with Gasteiger partial charge in [-0.15, -0.1) is 0 Å². The topological polar surface area (TPSA) is 104 Å². The van der Waals surface area contributed by atoms with Crippen molar-refractivity contribution in [1.29, 1.82) is 0 Å². The second kappa shape index (κ2) is 5.77. The fraction of sp³-hybridized carbons (Fsp3) is 0.727. The monoisotopic (exact) mass is 390 g/mol. The van der Waals surface area contributed by atoms with Gasteiger partial charge in [-0.2, -0.15) is 0 Å². The minimum atomic E-state index is -1.36. The summed E-state index contributed by atoms with van der Waals surface area (Å²) >= 11 is 0. The van der Waals surface area contributed by atoms with Gasteiger partial charge in [-0.3, -0.25) is 9.59 Å². The van der Waals surface area contributed by atoms with E-state index in [0.29, 0.717) is 12.0 Å². The number of fused-ring (bicyclic) bond motifs is 5. The van der Waals surface area contributed by atoms with Crippen molar-refractivity contribution >= 4 is 11.8 Å². The van der Waals surface area contributed by atoms with Gasteiger partial charge in [0.05, 0.1) is 18.3 Å². The fourth-order valence-electron chi connectivity index (χ4n) is 6.84. The Kier molecular flexibility index (Phi) is 4.08. The summed E-state index contributed by atoms with van der Waals surface area (Å²) in [5.74, 6) is -2.71. The summed E-state index contributed by atoms with van der Waals surface area (Å²) in [7, 11) is 0. The SMILES string of the molecule is CC(=O)O[C@]12[C@H](O)[C@H](C)[C@]3(O)[C@@H]4C=C(C)C(=O)[C@@H]4CC(CO)=C[C@@H]3[C@H]1C2(C)C. The van der Waals surface area contributed by atoms with Crippen molar-refractivity contribution in [2.24, 2.45) is 35.0 Å². The number of ether oxygens (including phenoxy) is 1. The molecule has 0 radical (unpaired) electrons. The van der Waals surface area contributed by atoms with Gasteiger partial charge in [0.2, 0.25) is 0 Å². The third kappa shape index (κ3) is 2.09. The highest BCUT2D eigenvalue weighted by Crippen LogP contribution is 2.76. The van der Waals surface area contributed by atoms with Crippen molar-refractivity contribution in [2.75, 3.05) is 6.61 Å². The van der Waals surface area contributed by atoms with Crippen molar-refractivity contribution in [2.45, 2.75) is 58.3 Å². The van der Waals surface area contributed by atoms with Gasteiger partial charge in [0.25, 0.3) is 0 Å². The van der Waals surface area contributed by atoms with Crippen LogP contribution in [-0.4, -0.2) is 51.0 Å². The molecule has 0 aromatic rings. The smallest absolute Gasteiger partial charge is 0.303 e. The first-order chi connectivity index (χ1) is 12.9. The van der Waals surface area contributed by atoms with Gasteiger partial charge in [0.15, 0.2) is 5.78 Å². The Balaban J connectivity index is 1.90. The number of esters is 1. The largest absolute Gasteiger partial charge is 0.456 e. The van der Waals surface area contributed by atoms with Crippen LogP contribution in [-0.2, 0) is 14.3 Å². The Morgan fingerprint density at radius 2 is 1.93 bits per heavy atom. The number of aliphatic hydroxyl groups excluding tert-OH is 2. The average Bonchev–Trinajstić information content (AvgIpc) is 3.01. The summed E-state index contributed by atoms with van der Waals surface area (Å²) in [6, 6.07) is 0. The first-order valence-electron chi connectivity index (χ1n) is 10.1. The highest BCUT2D eigenvalue weighted by atomic mass is 16.6. The summed E-state index contributed by atoms with van der Waals surface area (Å²) < 4.78 is 5.73. The van der Waals surface area contributed by atoms with E-state index in [1.807, 2.05) is 26.0 Å². The number of hydrogen-bond donors (Lipinski definition) is 3. The van der Waals surface area contributed by atoms with Crippen LogP contribution in [0.4, 0.5) is 0 Å². The number of carbonyl (C=O) groups is 2. The number of ketones is 1. The van der Waals surface area contributed by atoms with Crippen LogP contribution in [0.2, 0.25) is 0 Å². The van der Waals surface area contributed by atoms with Gasteiger partial charge in [0, 0.05) is 41.9 Å². The number of allylic oxidation sites excluding steroid dienone is 1. The third-order valence-electron chi connectivity index (χ3n) is 8.23. The summed E-state index contributed by atoms with van der Waals surface area (Å²) in [5, 5.41) is 33.3. The maximum absolute atomic E-state index is 12.8. The molecule has 0 aromatic carbocycles. The standard InChI is InChI=1S/C22H30O6/c1-10-6-15-14(17(10)25)7-13(9-23)8-16-18-20(4,5)22(18,28-12(3)24)19(26)11(2)21(15,16)27/h6,8,11,14-16,18-19,23,26-27H,7,9H2,1-5H3/t11-,14+,15+,16+,18-,19+,21-,22-/m0/s1. The lowest BCUT2D eigenvalue weighted by Crippen LogP contribution is -2.62. The molecule has 6 heteroatoms. The molecular weight excluding hydrogens is 360 g/mol. The molecule has 0 amide bonds. The quantitative estimate of drug-likeness (QED) is 0.486. The van der Waals surface area contributed by atoms with Crippen LogP contribution in [0.3, 0.4) is 0 Å². The molecule has 3 N–H and O–H groups in total. The lowest BCUT2D eigenvalue weighted by molar-refractivity contribution is -0.207. The summed E-state index contributed by atoms with van der Waals surface area (Å²) in [6.07, 6.45) is 3.07. The van der Waals surface area contributed by atoms with E-state index in [2.05, 4.69) is 0 Å². The van der Waals surface area contributed by atoms with Gasteiger partial charge in [0.1, 0.15) is 5.60 Å². The molecule has 2 fully saturated rings. The Labute approximate surface area is 165 Å². The Bertz CT molecular complexity index is 810. The highest BCUT2D eigenvalue weighted by molar-refractivity contribution is 5.99. The van der Waals surface area contributed by atoms with E-state index in [1.165, 1.54) is 6.92 Å². The van der Waals surface area contributed by atoms with E-state index in [9.17, 15) is 24.9 Å². The van der Waals surface area contributed by atoms with Crippen molar-refractivity contribution in [3.63, 3.8) is 0 Å². The van der Waals surface area contributed by atoms with Gasteiger partial charge >= 0.3 is 5.97 Å². The van der Waals surface area contributed by atoms with Crippen LogP contribution in [0.5, 0.6) is 0 Å². The molecule has 0 aromatic heterocycles. The molecule has 0 unspecified atom stereocenters. The summed E-state index contributed by atoms with van der Waals surface area (Å²) in [6.45, 7) is 8.56. The van der Waals surface area contributed by atoms with Crippen molar-refractivity contribution in [3.05, 3.63) is 23.3 Å². The number of hydrogen-bond acceptors (Lipinski definition) is 6. The zero-order chi connectivity index (χ0) is 20.8. The molecule has 4 aliphatic rings. The number of Topliss-reactive ketones (excluding diaryl/α,β-unsaturated/α-hetero) is 1. The van der Waals surface area contributed by atoms with E-state index in [1.54, 1.807) is 13.8 Å². The van der Waals surface area contributed by atoms with Gasteiger partial charge in [-0.25, -0.2) is 0 Å². The molecule has 0 aliphatic heterocycles. The number of carbonyl (C=O) groups excluding carboxylic acids is 2. The normalized spacial score (nSPS) is 48.5. The van der Waals surface area contributed by atoms with E-state index in [-0.39, 0.29) is 18.3 Å². The summed E-state index contributed by atoms with van der Waals surface area (Å²) in [5.41, 5.74) is -1.64. The molecule has 6 nitrogen and oxygen atoms in total. The van der Waals surface area contributed by atoms with E-state index in [0.717, 1.165) is 5.57 Å². The Hall–Kier alpha value is -1.50. The minimum absolute atomic E-state index is 0.00741. The first-order valence-corrected chi connectivity index (χ1v) is 10.1. The second-order valence-electron chi connectivity index (χ2n) is 9.77. The Morgan fingerprint density at radius 3 is 2.50 bits per heavy atom. The number of aliphatic hydroxyl groups is 3. The second-order valence-corrected chi connectivity index (χ2v) is 9.77. The highest BCUT2D eigenvalue weighted by Gasteiger charge is 2.86. The minimum Gasteiger partial charge on any atom is -0.456 e. The van der Waals surface area contributed by atoms with Crippen LogP contribution < -0.4 is 0 Å². The van der Waals surface area contributed by atoms with Gasteiger partial charge in [-0.1, -0.05) is 32.9 Å². The molecule has 4 rings (SSSR count). The van der Waals surface area contributed by atoms with E-state index < -0.39 is 52.4 Å². The predicted molar refractivity (Wildman–Crippen MR) is 101 cm³/mol. The zero-order valence-electron chi connectivity index (χ0n) is 17.1. The maximum Gasteiger partial charge on any atom is 0.303 e. The number of rotatable bonds is 2. The van der Waals surface area contributed by atoms with Gasteiger partial charge in [-0.05, 0) is 24.5 Å². The molecule has 154 valence electrons. The molecule has 8 atom stereocenters. The maximum atomic E-state index is 12.8. The predicted octanol–water partition coefficient (Wildman–Crippen LogP) is 1.39. The first kappa shape index (κ1) is 19.8. The van der Waals surface area contributed by atoms with Crippen LogP contribution >= 0.6 is 0 Å². The molecule has 0 spiro atoms.